The third kappa shape index (κ3) is 4.53. The molecule has 0 saturated carbocycles. The van der Waals surface area contributed by atoms with Crippen LogP contribution in [0, 0.1) is 0 Å². The van der Waals surface area contributed by atoms with E-state index in [1.54, 1.807) is 21.5 Å². The van der Waals surface area contributed by atoms with E-state index in [0.29, 0.717) is 19.5 Å². The Hall–Kier alpha value is -3.42. The molecule has 1 aromatic carbocycles. The molecular weight excluding hydrogens is 368 g/mol. The van der Waals surface area contributed by atoms with E-state index in [9.17, 15) is 9.59 Å². The molecule has 2 aromatic heterocycles. The lowest BCUT2D eigenvalue weighted by molar-refractivity contribution is -0.116. The summed E-state index contributed by atoms with van der Waals surface area (Å²) in [5.74, 6) is 0.707. The number of benzene rings is 1. The zero-order valence-corrected chi connectivity index (χ0v) is 16.2. The second kappa shape index (κ2) is 8.72. The van der Waals surface area contributed by atoms with Crippen LogP contribution in [0.3, 0.4) is 0 Å². The van der Waals surface area contributed by atoms with Crippen molar-refractivity contribution in [2.24, 2.45) is 0 Å². The van der Waals surface area contributed by atoms with Crippen molar-refractivity contribution < 1.29 is 4.79 Å². The topological polar surface area (TPSA) is 86.7 Å². The maximum absolute atomic E-state index is 12.3. The van der Waals surface area contributed by atoms with Crippen molar-refractivity contribution in [3.8, 4) is 5.69 Å². The van der Waals surface area contributed by atoms with Gasteiger partial charge in [0.25, 0.3) is 0 Å². The number of nitrogens with zero attached hydrogens (tertiary/aromatic N) is 5. The number of hydrogen-bond acceptors (Lipinski definition) is 4. The molecule has 0 bridgehead atoms. The lowest BCUT2D eigenvalue weighted by Crippen LogP contribution is -2.28. The number of hydrogen-bond donors (Lipinski definition) is 1. The van der Waals surface area contributed by atoms with Crippen molar-refractivity contribution in [1.82, 2.24) is 29.4 Å². The Morgan fingerprint density at radius 1 is 1.21 bits per heavy atom. The van der Waals surface area contributed by atoms with E-state index in [4.69, 9.17) is 0 Å². The summed E-state index contributed by atoms with van der Waals surface area (Å²) in [6.07, 6.45) is 10.4. The Bertz CT molecular complexity index is 1060. The van der Waals surface area contributed by atoms with E-state index < -0.39 is 0 Å². The van der Waals surface area contributed by atoms with E-state index in [1.807, 2.05) is 36.5 Å². The van der Waals surface area contributed by atoms with Gasteiger partial charge in [-0.25, -0.2) is 14.2 Å². The first-order valence-electron chi connectivity index (χ1n) is 9.93. The Kier molecular flexibility index (Phi) is 5.69. The van der Waals surface area contributed by atoms with Gasteiger partial charge in [-0.1, -0.05) is 18.2 Å². The average Bonchev–Trinajstić information content (AvgIpc) is 3.36. The molecule has 0 fully saturated rings. The number of para-hydroxylation sites is 1. The number of amides is 1. The fourth-order valence-corrected chi connectivity index (χ4v) is 3.41. The summed E-state index contributed by atoms with van der Waals surface area (Å²) < 4.78 is 5.04. The van der Waals surface area contributed by atoms with Crippen molar-refractivity contribution in [3.63, 3.8) is 0 Å². The normalized spacial score (nSPS) is 13.5. The van der Waals surface area contributed by atoms with Gasteiger partial charge in [-0.3, -0.25) is 9.36 Å². The van der Waals surface area contributed by atoms with E-state index >= 15 is 0 Å². The second-order valence-electron chi connectivity index (χ2n) is 7.06. The monoisotopic (exact) mass is 392 g/mol. The Morgan fingerprint density at radius 2 is 2.07 bits per heavy atom. The molecule has 0 saturated heterocycles. The summed E-state index contributed by atoms with van der Waals surface area (Å²) in [5.41, 5.74) is 1.77. The van der Waals surface area contributed by atoms with Crippen LogP contribution in [0.25, 0.3) is 11.8 Å². The number of aryl methyl sites for hydroxylation is 2. The quantitative estimate of drug-likeness (QED) is 0.491. The molecule has 1 aliphatic rings. The third-order valence-electron chi connectivity index (χ3n) is 4.93. The SMILES string of the molecule is O=C(C=Cc1cnn(-c2ccccc2)c1)NCCCn1nc2n(c1=O)CCCC2. The maximum atomic E-state index is 12.3. The molecular formula is C21H24N6O2. The van der Waals surface area contributed by atoms with Crippen LogP contribution in [0.15, 0.2) is 53.6 Å². The molecule has 4 rings (SSSR count). The molecule has 1 aliphatic heterocycles. The van der Waals surface area contributed by atoms with Crippen LogP contribution in [0.2, 0.25) is 0 Å². The number of fused-ring (bicyclic) bond motifs is 1. The molecule has 0 unspecified atom stereocenters. The van der Waals surface area contributed by atoms with Crippen LogP contribution in [-0.4, -0.2) is 36.6 Å². The number of nitrogens with one attached hydrogen (secondary N) is 1. The summed E-state index contributed by atoms with van der Waals surface area (Å²) >= 11 is 0. The van der Waals surface area contributed by atoms with Crippen LogP contribution < -0.4 is 11.0 Å². The highest BCUT2D eigenvalue weighted by molar-refractivity contribution is 5.91. The van der Waals surface area contributed by atoms with E-state index in [1.165, 1.54) is 10.8 Å². The zero-order chi connectivity index (χ0) is 20.1. The van der Waals surface area contributed by atoms with Gasteiger partial charge in [0, 0.05) is 43.9 Å². The summed E-state index contributed by atoms with van der Waals surface area (Å²) in [5, 5.41) is 11.5. The van der Waals surface area contributed by atoms with Gasteiger partial charge in [0.05, 0.1) is 11.9 Å². The van der Waals surface area contributed by atoms with Crippen molar-refractivity contribution in [2.45, 2.75) is 38.8 Å². The molecule has 0 atom stereocenters. The number of rotatable bonds is 7. The number of carbonyl (C=O) groups is 1. The highest BCUT2D eigenvalue weighted by atomic mass is 16.2. The van der Waals surface area contributed by atoms with Crippen molar-refractivity contribution in [3.05, 3.63) is 70.7 Å². The van der Waals surface area contributed by atoms with E-state index in [-0.39, 0.29) is 11.6 Å². The summed E-state index contributed by atoms with van der Waals surface area (Å²) in [6.45, 7) is 1.75. The van der Waals surface area contributed by atoms with E-state index in [0.717, 1.165) is 42.9 Å². The van der Waals surface area contributed by atoms with Gasteiger partial charge in [0.1, 0.15) is 5.82 Å². The van der Waals surface area contributed by atoms with Gasteiger partial charge in [0.15, 0.2) is 0 Å². The summed E-state index contributed by atoms with van der Waals surface area (Å²) in [4.78, 5) is 24.3. The van der Waals surface area contributed by atoms with Crippen LogP contribution in [0.4, 0.5) is 0 Å². The minimum Gasteiger partial charge on any atom is -0.352 e. The smallest absolute Gasteiger partial charge is 0.345 e. The second-order valence-corrected chi connectivity index (χ2v) is 7.06. The lowest BCUT2D eigenvalue weighted by Gasteiger charge is -2.09. The van der Waals surface area contributed by atoms with Crippen molar-refractivity contribution >= 4 is 12.0 Å². The Balaban J connectivity index is 1.24. The minimum absolute atomic E-state index is 0.0404. The minimum atomic E-state index is -0.172. The fraction of sp³-hybridized carbons (Fsp3) is 0.333. The molecule has 3 heterocycles. The Labute approximate surface area is 168 Å². The predicted octanol–water partition coefficient (Wildman–Crippen LogP) is 1.79. The van der Waals surface area contributed by atoms with Crippen LogP contribution in [-0.2, 0) is 24.3 Å². The fourth-order valence-electron chi connectivity index (χ4n) is 3.41. The molecule has 8 heteroatoms. The first-order chi connectivity index (χ1) is 14.2. The molecule has 0 radical (unpaired) electrons. The standard InChI is InChI=1S/C21H24N6O2/c28-20(11-10-17-15-23-27(16-17)18-7-2-1-3-8-18)22-12-6-14-26-21(29)25-13-5-4-9-19(25)24-26/h1-3,7-8,10-11,15-16H,4-6,9,12-14H2,(H,22,28). The molecule has 0 aliphatic carbocycles. The maximum Gasteiger partial charge on any atom is 0.345 e. The van der Waals surface area contributed by atoms with Gasteiger partial charge < -0.3 is 5.32 Å². The first-order valence-corrected chi connectivity index (χ1v) is 9.93. The first kappa shape index (κ1) is 18.9. The van der Waals surface area contributed by atoms with Crippen molar-refractivity contribution in [1.29, 1.82) is 0 Å². The lowest BCUT2D eigenvalue weighted by atomic mass is 10.2. The molecule has 0 spiro atoms. The highest BCUT2D eigenvalue weighted by Gasteiger charge is 2.16. The van der Waals surface area contributed by atoms with Crippen LogP contribution in [0.1, 0.15) is 30.7 Å². The third-order valence-corrected chi connectivity index (χ3v) is 4.93. The van der Waals surface area contributed by atoms with Gasteiger partial charge in [-0.2, -0.15) is 10.2 Å². The van der Waals surface area contributed by atoms with Crippen molar-refractivity contribution in [2.75, 3.05) is 6.54 Å². The highest BCUT2D eigenvalue weighted by Crippen LogP contribution is 2.10. The molecule has 150 valence electrons. The molecule has 1 N–H and O–H groups in total. The van der Waals surface area contributed by atoms with Crippen LogP contribution in [0.5, 0.6) is 0 Å². The molecule has 29 heavy (non-hydrogen) atoms. The molecule has 8 nitrogen and oxygen atoms in total. The predicted molar refractivity (Wildman–Crippen MR) is 110 cm³/mol. The van der Waals surface area contributed by atoms with Gasteiger partial charge >= 0.3 is 5.69 Å². The van der Waals surface area contributed by atoms with Crippen LogP contribution >= 0.6 is 0 Å². The Morgan fingerprint density at radius 3 is 2.90 bits per heavy atom. The zero-order valence-electron chi connectivity index (χ0n) is 16.2. The van der Waals surface area contributed by atoms with E-state index in [2.05, 4.69) is 15.5 Å². The summed E-state index contributed by atoms with van der Waals surface area (Å²) in [6, 6.07) is 9.79. The largest absolute Gasteiger partial charge is 0.352 e. The summed E-state index contributed by atoms with van der Waals surface area (Å²) in [7, 11) is 0. The van der Waals surface area contributed by atoms with Gasteiger partial charge in [0.2, 0.25) is 5.91 Å². The average molecular weight is 392 g/mol. The number of aromatic nitrogens is 5. The van der Waals surface area contributed by atoms with Gasteiger partial charge in [-0.15, -0.1) is 0 Å². The molecule has 3 aromatic rings. The molecule has 1 amide bonds. The van der Waals surface area contributed by atoms with Gasteiger partial charge in [-0.05, 0) is 37.5 Å². The number of carbonyl (C=O) groups excluding carboxylic acids is 1.